The van der Waals surface area contributed by atoms with Crippen molar-refractivity contribution in [2.75, 3.05) is 25.0 Å². The number of aromatic nitrogens is 4. The molecule has 0 atom stereocenters. The predicted octanol–water partition coefficient (Wildman–Crippen LogP) is 1.64. The summed E-state index contributed by atoms with van der Waals surface area (Å²) in [5.41, 5.74) is 1.15. The van der Waals surface area contributed by atoms with Gasteiger partial charge < -0.3 is 9.80 Å². The molecule has 2 fully saturated rings. The highest BCUT2D eigenvalue weighted by Gasteiger charge is 2.54. The maximum Gasteiger partial charge on any atom is 0.233 e. The Morgan fingerprint density at radius 2 is 1.93 bits per heavy atom. The number of amides is 1. The number of fused-ring (bicyclic) bond motifs is 1. The first kappa shape index (κ1) is 16.2. The molecule has 2 aromatic heterocycles. The minimum Gasteiger partial charge on any atom is -0.351 e. The van der Waals surface area contributed by atoms with Gasteiger partial charge in [0.25, 0.3) is 0 Å². The molecule has 0 bridgehead atoms. The van der Waals surface area contributed by atoms with E-state index in [0.717, 1.165) is 37.3 Å². The first-order chi connectivity index (χ1) is 13.1. The van der Waals surface area contributed by atoms with Gasteiger partial charge in [0, 0.05) is 20.1 Å². The predicted molar refractivity (Wildman–Crippen MR) is 96.9 cm³/mol. The molecule has 1 saturated heterocycles. The van der Waals surface area contributed by atoms with Crippen molar-refractivity contribution < 1.29 is 9.18 Å². The van der Waals surface area contributed by atoms with Crippen LogP contribution in [0.4, 0.5) is 10.2 Å². The van der Waals surface area contributed by atoms with Gasteiger partial charge in [-0.25, -0.2) is 4.39 Å². The summed E-state index contributed by atoms with van der Waals surface area (Å²) in [5, 5.41) is 12.3. The smallest absolute Gasteiger partial charge is 0.233 e. The van der Waals surface area contributed by atoms with Crippen molar-refractivity contribution in [1.82, 2.24) is 24.7 Å². The number of benzene rings is 1. The summed E-state index contributed by atoms with van der Waals surface area (Å²) in [4.78, 5) is 17.1. The first-order valence-corrected chi connectivity index (χ1v) is 9.02. The van der Waals surface area contributed by atoms with Crippen molar-refractivity contribution in [3.8, 4) is 0 Å². The molecule has 1 aliphatic heterocycles. The minimum atomic E-state index is -0.470. The van der Waals surface area contributed by atoms with E-state index in [1.54, 1.807) is 23.0 Å². The average molecular weight is 366 g/mol. The highest BCUT2D eigenvalue weighted by atomic mass is 19.1. The Balaban J connectivity index is 1.27. The zero-order valence-corrected chi connectivity index (χ0v) is 14.9. The molecule has 0 N–H and O–H groups in total. The van der Waals surface area contributed by atoms with Crippen LogP contribution in [0.2, 0.25) is 0 Å². The lowest BCUT2D eigenvalue weighted by molar-refractivity contribution is -0.135. The molecule has 138 valence electrons. The Labute approximate surface area is 155 Å². The summed E-state index contributed by atoms with van der Waals surface area (Å²) in [6, 6.07) is 10.3. The van der Waals surface area contributed by atoms with E-state index in [-0.39, 0.29) is 17.8 Å². The fourth-order valence-corrected chi connectivity index (χ4v) is 3.80. The average Bonchev–Trinajstić information content (AvgIpc) is 3.31. The largest absolute Gasteiger partial charge is 0.351 e. The lowest BCUT2D eigenvalue weighted by Gasteiger charge is -2.45. The molecule has 7 nitrogen and oxygen atoms in total. The Bertz CT molecular complexity index is 1010. The fourth-order valence-electron chi connectivity index (χ4n) is 3.80. The number of rotatable bonds is 4. The molecular weight excluding hydrogens is 347 g/mol. The van der Waals surface area contributed by atoms with Crippen molar-refractivity contribution in [2.45, 2.75) is 24.3 Å². The fraction of sp³-hybridized carbons (Fsp3) is 0.368. The third-order valence-corrected chi connectivity index (χ3v) is 5.76. The first-order valence-electron chi connectivity index (χ1n) is 9.02. The molecule has 2 aliphatic rings. The number of halogens is 1. The second-order valence-electron chi connectivity index (χ2n) is 7.39. The van der Waals surface area contributed by atoms with Gasteiger partial charge in [0.1, 0.15) is 18.0 Å². The molecule has 1 aromatic carbocycles. The van der Waals surface area contributed by atoms with Crippen LogP contribution in [0.3, 0.4) is 0 Å². The molecule has 27 heavy (non-hydrogen) atoms. The third-order valence-electron chi connectivity index (χ3n) is 5.76. The van der Waals surface area contributed by atoms with E-state index >= 15 is 0 Å². The van der Waals surface area contributed by atoms with E-state index in [4.69, 9.17) is 0 Å². The minimum absolute atomic E-state index is 0.126. The lowest BCUT2D eigenvalue weighted by atomic mass is 9.93. The normalized spacial score (nSPS) is 18.4. The van der Waals surface area contributed by atoms with Crippen LogP contribution in [0, 0.1) is 5.82 Å². The van der Waals surface area contributed by atoms with Gasteiger partial charge in [-0.3, -0.25) is 4.79 Å². The van der Waals surface area contributed by atoms with Crippen molar-refractivity contribution in [2.24, 2.45) is 0 Å². The zero-order valence-electron chi connectivity index (χ0n) is 14.9. The summed E-state index contributed by atoms with van der Waals surface area (Å²) in [7, 11) is 1.87. The van der Waals surface area contributed by atoms with Gasteiger partial charge in [-0.2, -0.15) is 4.52 Å². The molecule has 0 unspecified atom stereocenters. The standard InChI is InChI=1S/C19H19FN6O/c1-24(18(27)19(8-9-19)13-2-4-14(20)5-3-13)15-10-25(11-15)17-7-6-16-22-21-12-26(16)23-17/h2-7,12,15H,8-11H2,1H3. The van der Waals surface area contributed by atoms with Crippen LogP contribution in [0.5, 0.6) is 0 Å². The molecule has 3 aromatic rings. The summed E-state index contributed by atoms with van der Waals surface area (Å²) < 4.78 is 14.9. The number of carbonyl (C=O) groups is 1. The summed E-state index contributed by atoms with van der Waals surface area (Å²) in [6.45, 7) is 1.48. The van der Waals surface area contributed by atoms with Crippen LogP contribution in [-0.2, 0) is 10.2 Å². The zero-order chi connectivity index (χ0) is 18.6. The molecule has 0 radical (unpaired) electrons. The summed E-state index contributed by atoms with van der Waals surface area (Å²) >= 11 is 0. The van der Waals surface area contributed by atoms with Gasteiger partial charge in [0.2, 0.25) is 5.91 Å². The van der Waals surface area contributed by atoms with E-state index in [2.05, 4.69) is 20.2 Å². The Kier molecular flexibility index (Phi) is 3.43. The number of anilines is 1. The van der Waals surface area contributed by atoms with Crippen LogP contribution in [0.25, 0.3) is 5.65 Å². The lowest BCUT2D eigenvalue weighted by Crippen LogP contribution is -2.61. The van der Waals surface area contributed by atoms with Gasteiger partial charge in [-0.1, -0.05) is 12.1 Å². The van der Waals surface area contributed by atoms with Crippen molar-refractivity contribution in [3.05, 3.63) is 54.1 Å². The molecule has 0 spiro atoms. The van der Waals surface area contributed by atoms with Crippen LogP contribution in [0.1, 0.15) is 18.4 Å². The number of hydrogen-bond donors (Lipinski definition) is 0. The van der Waals surface area contributed by atoms with Crippen LogP contribution in [-0.4, -0.2) is 56.8 Å². The highest BCUT2D eigenvalue weighted by molar-refractivity contribution is 5.91. The van der Waals surface area contributed by atoms with E-state index in [9.17, 15) is 9.18 Å². The molecule has 5 rings (SSSR count). The molecule has 3 heterocycles. The second-order valence-corrected chi connectivity index (χ2v) is 7.39. The maximum absolute atomic E-state index is 13.2. The van der Waals surface area contributed by atoms with E-state index < -0.39 is 5.41 Å². The van der Waals surface area contributed by atoms with Crippen LogP contribution < -0.4 is 4.90 Å². The number of likely N-dealkylation sites (N-methyl/N-ethyl adjacent to an activating group) is 1. The van der Waals surface area contributed by atoms with Gasteiger partial charge in [0.15, 0.2) is 5.65 Å². The maximum atomic E-state index is 13.2. The van der Waals surface area contributed by atoms with Gasteiger partial charge in [-0.15, -0.1) is 15.3 Å². The van der Waals surface area contributed by atoms with Crippen LogP contribution in [0.15, 0.2) is 42.7 Å². The number of nitrogens with zero attached hydrogens (tertiary/aromatic N) is 6. The molecule has 1 amide bonds. The topological polar surface area (TPSA) is 66.6 Å². The summed E-state index contributed by atoms with van der Waals surface area (Å²) in [5.74, 6) is 0.697. The van der Waals surface area contributed by atoms with Gasteiger partial charge in [-0.05, 0) is 42.7 Å². The van der Waals surface area contributed by atoms with E-state index in [0.29, 0.717) is 5.65 Å². The number of hydrogen-bond acceptors (Lipinski definition) is 5. The third kappa shape index (κ3) is 2.55. The molecular formula is C19H19FN6O. The monoisotopic (exact) mass is 366 g/mol. The van der Waals surface area contributed by atoms with E-state index in [1.807, 2.05) is 24.1 Å². The molecule has 1 aliphatic carbocycles. The van der Waals surface area contributed by atoms with Gasteiger partial charge >= 0.3 is 0 Å². The quantitative estimate of drug-likeness (QED) is 0.702. The Morgan fingerprint density at radius 3 is 2.63 bits per heavy atom. The second kappa shape index (κ2) is 5.73. The van der Waals surface area contributed by atoms with Crippen molar-refractivity contribution in [1.29, 1.82) is 0 Å². The summed E-state index contributed by atoms with van der Waals surface area (Å²) in [6.07, 6.45) is 3.22. The van der Waals surface area contributed by atoms with Gasteiger partial charge in [0.05, 0.1) is 11.5 Å². The van der Waals surface area contributed by atoms with E-state index in [1.165, 1.54) is 12.1 Å². The van der Waals surface area contributed by atoms with Crippen molar-refractivity contribution in [3.63, 3.8) is 0 Å². The SMILES string of the molecule is CN(C(=O)C1(c2ccc(F)cc2)CC1)C1CN(c2ccc3nncn3n2)C1. The highest BCUT2D eigenvalue weighted by Crippen LogP contribution is 2.50. The Morgan fingerprint density at radius 1 is 1.19 bits per heavy atom. The number of carbonyl (C=O) groups excluding carboxylic acids is 1. The van der Waals surface area contributed by atoms with Crippen LogP contribution >= 0.6 is 0 Å². The Hall–Kier alpha value is -3.03. The molecule has 8 heteroatoms. The molecule has 1 saturated carbocycles. The van der Waals surface area contributed by atoms with Crippen molar-refractivity contribution >= 4 is 17.4 Å².